The minimum atomic E-state index is -0.0494. The lowest BCUT2D eigenvalue weighted by atomic mass is 10.3. The van der Waals surface area contributed by atoms with E-state index < -0.39 is 0 Å². The van der Waals surface area contributed by atoms with Crippen LogP contribution in [0.4, 0.5) is 0 Å². The standard InChI is InChI=1S/C14H15BrN4O.ClH/c15-10-2-1-3-12(8-10)19-7-5-13(17-19)14(20)18-6-4-11(16)9-18;/h1-3,5,7-8,11H,4,6,9,16H2;1H. The van der Waals surface area contributed by atoms with E-state index in [9.17, 15) is 4.79 Å². The van der Waals surface area contributed by atoms with Crippen LogP contribution in [0.2, 0.25) is 0 Å². The average Bonchev–Trinajstić information content (AvgIpc) is 3.07. The molecule has 21 heavy (non-hydrogen) atoms. The molecule has 0 radical (unpaired) electrons. The molecule has 2 N–H and O–H groups in total. The van der Waals surface area contributed by atoms with Crippen LogP contribution in [0.5, 0.6) is 0 Å². The van der Waals surface area contributed by atoms with E-state index in [2.05, 4.69) is 21.0 Å². The summed E-state index contributed by atoms with van der Waals surface area (Å²) in [4.78, 5) is 14.1. The summed E-state index contributed by atoms with van der Waals surface area (Å²) in [6.07, 6.45) is 2.66. The Morgan fingerprint density at radius 3 is 2.86 bits per heavy atom. The zero-order valence-electron chi connectivity index (χ0n) is 11.3. The van der Waals surface area contributed by atoms with Gasteiger partial charge in [0.2, 0.25) is 0 Å². The van der Waals surface area contributed by atoms with Gasteiger partial charge in [-0.2, -0.15) is 5.10 Å². The normalized spacial score (nSPS) is 17.6. The molecule has 2 aromatic rings. The Labute approximate surface area is 137 Å². The van der Waals surface area contributed by atoms with Crippen LogP contribution < -0.4 is 5.73 Å². The summed E-state index contributed by atoms with van der Waals surface area (Å²) in [6.45, 7) is 1.33. The van der Waals surface area contributed by atoms with Gasteiger partial charge in [0, 0.05) is 29.8 Å². The van der Waals surface area contributed by atoms with Gasteiger partial charge in [-0.25, -0.2) is 4.68 Å². The van der Waals surface area contributed by atoms with Gasteiger partial charge in [0.15, 0.2) is 5.69 Å². The summed E-state index contributed by atoms with van der Waals surface area (Å²) in [6, 6.07) is 9.61. The fraction of sp³-hybridized carbons (Fsp3) is 0.286. The summed E-state index contributed by atoms with van der Waals surface area (Å²) in [5.74, 6) is -0.0494. The first kappa shape index (κ1) is 16.0. The van der Waals surface area contributed by atoms with E-state index in [1.54, 1.807) is 21.8 Å². The van der Waals surface area contributed by atoms with Gasteiger partial charge in [-0.15, -0.1) is 12.4 Å². The Kier molecular flexibility index (Phi) is 5.03. The third kappa shape index (κ3) is 3.45. The number of carbonyl (C=O) groups excluding carboxylic acids is 1. The fourth-order valence-corrected chi connectivity index (χ4v) is 2.72. The molecule has 0 bridgehead atoms. The van der Waals surface area contributed by atoms with E-state index in [4.69, 9.17) is 5.73 Å². The van der Waals surface area contributed by atoms with Crippen molar-refractivity contribution in [3.63, 3.8) is 0 Å². The fourth-order valence-electron chi connectivity index (χ4n) is 2.33. The Morgan fingerprint density at radius 1 is 1.38 bits per heavy atom. The lowest BCUT2D eigenvalue weighted by molar-refractivity contribution is 0.0784. The number of aromatic nitrogens is 2. The molecular weight excluding hydrogens is 356 g/mol. The molecule has 0 spiro atoms. The van der Waals surface area contributed by atoms with E-state index in [0.29, 0.717) is 18.8 Å². The number of likely N-dealkylation sites (tertiary alicyclic amines) is 1. The van der Waals surface area contributed by atoms with Crippen molar-refractivity contribution in [2.75, 3.05) is 13.1 Å². The molecule has 112 valence electrons. The third-order valence-electron chi connectivity index (χ3n) is 3.39. The van der Waals surface area contributed by atoms with Crippen LogP contribution in [0.15, 0.2) is 41.0 Å². The molecular formula is C14H16BrClN4O. The molecule has 2 heterocycles. The van der Waals surface area contributed by atoms with Crippen LogP contribution in [0, 0.1) is 0 Å². The number of hydrogen-bond donors (Lipinski definition) is 1. The number of nitrogens with two attached hydrogens (primary N) is 1. The SMILES string of the molecule is Cl.NC1CCN(C(=O)c2ccn(-c3cccc(Br)c3)n2)C1. The molecule has 1 amide bonds. The Bertz CT molecular complexity index is 645. The number of rotatable bonds is 2. The maximum atomic E-state index is 12.3. The van der Waals surface area contributed by atoms with Gasteiger partial charge >= 0.3 is 0 Å². The van der Waals surface area contributed by atoms with Crippen molar-refractivity contribution in [3.05, 3.63) is 46.7 Å². The highest BCUT2D eigenvalue weighted by Gasteiger charge is 2.25. The van der Waals surface area contributed by atoms with Crippen molar-refractivity contribution in [1.82, 2.24) is 14.7 Å². The zero-order valence-corrected chi connectivity index (χ0v) is 13.7. The molecule has 1 fully saturated rings. The van der Waals surface area contributed by atoms with E-state index in [1.807, 2.05) is 24.3 Å². The first-order chi connectivity index (χ1) is 9.63. The minimum Gasteiger partial charge on any atom is -0.336 e. The molecule has 1 aromatic heterocycles. The van der Waals surface area contributed by atoms with Crippen molar-refractivity contribution in [1.29, 1.82) is 0 Å². The number of amides is 1. The van der Waals surface area contributed by atoms with Gasteiger partial charge in [0.25, 0.3) is 5.91 Å². The highest BCUT2D eigenvalue weighted by molar-refractivity contribution is 9.10. The summed E-state index contributed by atoms with van der Waals surface area (Å²) in [5, 5.41) is 4.35. The molecule has 3 rings (SSSR count). The van der Waals surface area contributed by atoms with Gasteiger partial charge in [0.1, 0.15) is 0 Å². The maximum Gasteiger partial charge on any atom is 0.274 e. The van der Waals surface area contributed by atoms with Crippen LogP contribution in [0.25, 0.3) is 5.69 Å². The lowest BCUT2D eigenvalue weighted by Crippen LogP contribution is -2.32. The second-order valence-corrected chi connectivity index (χ2v) is 5.84. The number of hydrogen-bond acceptors (Lipinski definition) is 3. The molecule has 1 atom stereocenters. The first-order valence-electron chi connectivity index (χ1n) is 6.50. The summed E-state index contributed by atoms with van der Waals surface area (Å²) in [5.41, 5.74) is 7.20. The minimum absolute atomic E-state index is 0. The Morgan fingerprint density at radius 2 is 2.19 bits per heavy atom. The molecule has 0 saturated carbocycles. The molecule has 1 saturated heterocycles. The summed E-state index contributed by atoms with van der Waals surface area (Å²) in [7, 11) is 0. The van der Waals surface area contributed by atoms with Gasteiger partial charge in [0.05, 0.1) is 5.69 Å². The van der Waals surface area contributed by atoms with Crippen molar-refractivity contribution in [3.8, 4) is 5.69 Å². The van der Waals surface area contributed by atoms with E-state index in [0.717, 1.165) is 16.6 Å². The van der Waals surface area contributed by atoms with E-state index in [-0.39, 0.29) is 24.4 Å². The first-order valence-corrected chi connectivity index (χ1v) is 7.29. The second kappa shape index (κ2) is 6.60. The smallest absolute Gasteiger partial charge is 0.274 e. The highest BCUT2D eigenvalue weighted by atomic mass is 79.9. The summed E-state index contributed by atoms with van der Waals surface area (Å²) < 4.78 is 2.68. The predicted octanol–water partition coefficient (Wildman–Crippen LogP) is 2.23. The molecule has 5 nitrogen and oxygen atoms in total. The predicted molar refractivity (Wildman–Crippen MR) is 87.0 cm³/mol. The molecule has 1 aliphatic heterocycles. The topological polar surface area (TPSA) is 64.2 Å². The van der Waals surface area contributed by atoms with Crippen LogP contribution in [-0.2, 0) is 0 Å². The highest BCUT2D eigenvalue weighted by Crippen LogP contribution is 2.16. The molecule has 1 aliphatic rings. The molecule has 0 aliphatic carbocycles. The van der Waals surface area contributed by atoms with Gasteiger partial charge in [-0.05, 0) is 30.7 Å². The van der Waals surface area contributed by atoms with E-state index >= 15 is 0 Å². The Balaban J connectivity index is 0.00000161. The molecule has 1 unspecified atom stereocenters. The third-order valence-corrected chi connectivity index (χ3v) is 3.89. The van der Waals surface area contributed by atoms with Gasteiger partial charge in [-0.3, -0.25) is 4.79 Å². The van der Waals surface area contributed by atoms with E-state index in [1.165, 1.54) is 0 Å². The lowest BCUT2D eigenvalue weighted by Gasteiger charge is -2.13. The number of carbonyl (C=O) groups is 1. The monoisotopic (exact) mass is 370 g/mol. The zero-order chi connectivity index (χ0) is 14.1. The van der Waals surface area contributed by atoms with Crippen LogP contribution in [0.1, 0.15) is 16.9 Å². The van der Waals surface area contributed by atoms with Crippen molar-refractivity contribution < 1.29 is 4.79 Å². The Hall–Kier alpha value is -1.37. The average molecular weight is 372 g/mol. The van der Waals surface area contributed by atoms with Crippen LogP contribution in [0.3, 0.4) is 0 Å². The largest absolute Gasteiger partial charge is 0.336 e. The van der Waals surface area contributed by atoms with Gasteiger partial charge in [-0.1, -0.05) is 22.0 Å². The molecule has 1 aromatic carbocycles. The quantitative estimate of drug-likeness (QED) is 0.880. The second-order valence-electron chi connectivity index (χ2n) is 4.93. The van der Waals surface area contributed by atoms with Gasteiger partial charge < -0.3 is 10.6 Å². The summed E-state index contributed by atoms with van der Waals surface area (Å²) >= 11 is 3.43. The van der Waals surface area contributed by atoms with Crippen molar-refractivity contribution >= 4 is 34.2 Å². The number of nitrogens with zero attached hydrogens (tertiary/aromatic N) is 3. The number of halogens is 2. The van der Waals surface area contributed by atoms with Crippen LogP contribution in [-0.4, -0.2) is 39.7 Å². The van der Waals surface area contributed by atoms with Crippen LogP contribution >= 0.6 is 28.3 Å². The number of benzene rings is 1. The van der Waals surface area contributed by atoms with Crippen molar-refractivity contribution in [2.24, 2.45) is 5.73 Å². The molecule has 7 heteroatoms. The maximum absolute atomic E-state index is 12.3. The van der Waals surface area contributed by atoms with Crippen molar-refractivity contribution in [2.45, 2.75) is 12.5 Å².